The Bertz CT molecular complexity index is 1070. The van der Waals surface area contributed by atoms with Crippen LogP contribution >= 0.6 is 0 Å². The normalized spacial score (nSPS) is 13.9. The van der Waals surface area contributed by atoms with Crippen molar-refractivity contribution in [2.45, 2.75) is 19.5 Å². The molecule has 2 heterocycles. The molecule has 0 atom stereocenters. The smallest absolute Gasteiger partial charge is 0.323 e. The summed E-state index contributed by atoms with van der Waals surface area (Å²) in [6.07, 6.45) is 0.447. The van der Waals surface area contributed by atoms with Crippen LogP contribution in [0.15, 0.2) is 42.5 Å². The molecule has 0 spiro atoms. The zero-order chi connectivity index (χ0) is 19.1. The zero-order valence-corrected chi connectivity index (χ0v) is 14.3. The third-order valence-corrected chi connectivity index (χ3v) is 4.86. The number of halogens is 2. The molecule has 0 fully saturated rings. The highest BCUT2D eigenvalue weighted by Gasteiger charge is 2.32. The number of carboxylic acid groups (broad SMARTS) is 1. The van der Waals surface area contributed by atoms with Crippen molar-refractivity contribution < 1.29 is 23.5 Å². The van der Waals surface area contributed by atoms with Crippen LogP contribution in [0.2, 0.25) is 0 Å². The van der Waals surface area contributed by atoms with Crippen molar-refractivity contribution in [1.82, 2.24) is 9.47 Å². The number of carbonyl (C=O) groups is 2. The van der Waals surface area contributed by atoms with E-state index in [1.165, 1.54) is 33.7 Å². The number of hydrogen-bond donors (Lipinski definition) is 1. The van der Waals surface area contributed by atoms with E-state index in [1.807, 2.05) is 0 Å². The standard InChI is InChI=1S/C20H16F2N2O3/c21-13-5-6-17-15(9-13)14-7-8-23(10-12-3-1-2-4-16(12)22)20(27)19(14)24(17)11-18(25)26/h1-6,9H,7-8,10-11H2,(H,25,26). The summed E-state index contributed by atoms with van der Waals surface area (Å²) in [4.78, 5) is 25.9. The first-order valence-corrected chi connectivity index (χ1v) is 8.51. The van der Waals surface area contributed by atoms with E-state index in [9.17, 15) is 23.5 Å². The SMILES string of the molecule is O=C(O)Cn1c2c(c3cc(F)ccc31)CCN(Cc1ccccc1F)C2=O. The molecule has 1 aromatic heterocycles. The highest BCUT2D eigenvalue weighted by molar-refractivity contribution is 6.03. The van der Waals surface area contributed by atoms with Crippen molar-refractivity contribution in [2.75, 3.05) is 6.54 Å². The summed E-state index contributed by atoms with van der Waals surface area (Å²) in [5.41, 5.74) is 1.77. The van der Waals surface area contributed by atoms with Crippen LogP contribution in [0, 0.1) is 11.6 Å². The molecule has 5 nitrogen and oxygen atoms in total. The molecule has 0 unspecified atom stereocenters. The molecule has 1 aliphatic heterocycles. The van der Waals surface area contributed by atoms with Gasteiger partial charge < -0.3 is 14.6 Å². The maximum Gasteiger partial charge on any atom is 0.323 e. The van der Waals surface area contributed by atoms with Crippen LogP contribution in [-0.2, 0) is 24.3 Å². The van der Waals surface area contributed by atoms with Crippen LogP contribution in [0.1, 0.15) is 21.6 Å². The minimum Gasteiger partial charge on any atom is -0.480 e. The Morgan fingerprint density at radius 3 is 2.67 bits per heavy atom. The molecule has 27 heavy (non-hydrogen) atoms. The summed E-state index contributed by atoms with van der Waals surface area (Å²) in [7, 11) is 0. The molecule has 138 valence electrons. The summed E-state index contributed by atoms with van der Waals surface area (Å²) in [6.45, 7) is 0.0352. The van der Waals surface area contributed by atoms with Gasteiger partial charge in [-0.1, -0.05) is 18.2 Å². The molecule has 1 amide bonds. The van der Waals surface area contributed by atoms with Crippen LogP contribution in [0.3, 0.4) is 0 Å². The molecular weight excluding hydrogens is 354 g/mol. The molecule has 0 bridgehead atoms. The van der Waals surface area contributed by atoms with Crippen LogP contribution in [-0.4, -0.2) is 33.0 Å². The van der Waals surface area contributed by atoms with Crippen molar-refractivity contribution in [2.24, 2.45) is 0 Å². The molecular formula is C20H16F2N2O3. The first-order valence-electron chi connectivity index (χ1n) is 8.51. The molecule has 0 aliphatic carbocycles. The lowest BCUT2D eigenvalue weighted by Gasteiger charge is -2.28. The second kappa shape index (κ2) is 6.50. The Morgan fingerprint density at radius 1 is 1.15 bits per heavy atom. The van der Waals surface area contributed by atoms with Crippen molar-refractivity contribution in [1.29, 1.82) is 0 Å². The number of carbonyl (C=O) groups excluding carboxylic acids is 1. The van der Waals surface area contributed by atoms with Gasteiger partial charge in [0, 0.05) is 29.6 Å². The quantitative estimate of drug-likeness (QED) is 0.767. The van der Waals surface area contributed by atoms with Crippen molar-refractivity contribution >= 4 is 22.8 Å². The summed E-state index contributed by atoms with van der Waals surface area (Å²) < 4.78 is 29.1. The molecule has 0 radical (unpaired) electrons. The molecule has 1 aliphatic rings. The number of hydrogen-bond acceptors (Lipinski definition) is 2. The minimum absolute atomic E-state index is 0.0912. The fourth-order valence-corrected chi connectivity index (χ4v) is 3.67. The summed E-state index contributed by atoms with van der Waals surface area (Å²) in [5, 5.41) is 9.80. The van der Waals surface area contributed by atoms with Gasteiger partial charge in [-0.05, 0) is 36.2 Å². The van der Waals surface area contributed by atoms with E-state index in [0.717, 1.165) is 0 Å². The minimum atomic E-state index is -1.10. The molecule has 0 saturated carbocycles. The molecule has 1 N–H and O–H groups in total. The van der Waals surface area contributed by atoms with Gasteiger partial charge in [0.2, 0.25) is 0 Å². The van der Waals surface area contributed by atoms with E-state index in [0.29, 0.717) is 35.0 Å². The summed E-state index contributed by atoms with van der Waals surface area (Å²) in [5.74, 6) is -2.32. The highest BCUT2D eigenvalue weighted by atomic mass is 19.1. The van der Waals surface area contributed by atoms with Crippen LogP contribution in [0.25, 0.3) is 10.9 Å². The van der Waals surface area contributed by atoms with Crippen molar-refractivity contribution in [3.05, 3.63) is 70.9 Å². The van der Waals surface area contributed by atoms with Crippen molar-refractivity contribution in [3.8, 4) is 0 Å². The lowest BCUT2D eigenvalue weighted by molar-refractivity contribution is -0.137. The van der Waals surface area contributed by atoms with E-state index in [2.05, 4.69) is 0 Å². The second-order valence-electron chi connectivity index (χ2n) is 6.54. The van der Waals surface area contributed by atoms with Gasteiger partial charge in [0.15, 0.2) is 0 Å². The third kappa shape index (κ3) is 2.95. The maximum atomic E-state index is 14.0. The Kier molecular flexibility index (Phi) is 4.14. The van der Waals surface area contributed by atoms with Gasteiger partial charge in [-0.3, -0.25) is 9.59 Å². The van der Waals surface area contributed by atoms with Gasteiger partial charge in [-0.15, -0.1) is 0 Å². The molecule has 4 rings (SSSR count). The van der Waals surface area contributed by atoms with E-state index < -0.39 is 24.1 Å². The Labute approximate surface area is 153 Å². The number of benzene rings is 2. The van der Waals surface area contributed by atoms with Gasteiger partial charge in [0.05, 0.1) is 0 Å². The summed E-state index contributed by atoms with van der Waals surface area (Å²) in [6, 6.07) is 10.3. The molecule has 7 heteroatoms. The number of carboxylic acids is 1. The number of amides is 1. The largest absolute Gasteiger partial charge is 0.480 e. The molecule has 0 saturated heterocycles. The fraction of sp³-hybridized carbons (Fsp3) is 0.200. The van der Waals surface area contributed by atoms with Gasteiger partial charge in [0.1, 0.15) is 23.9 Å². The van der Waals surface area contributed by atoms with Gasteiger partial charge in [-0.2, -0.15) is 0 Å². The first-order chi connectivity index (χ1) is 13.0. The van der Waals surface area contributed by atoms with Crippen LogP contribution < -0.4 is 0 Å². The van der Waals surface area contributed by atoms with Crippen LogP contribution in [0.4, 0.5) is 8.78 Å². The Balaban J connectivity index is 1.80. The lowest BCUT2D eigenvalue weighted by atomic mass is 10.0. The Hall–Kier alpha value is -3.22. The predicted octanol–water partition coefficient (Wildman–Crippen LogP) is 3.20. The average Bonchev–Trinajstić information content (AvgIpc) is 2.92. The number of aromatic nitrogens is 1. The van der Waals surface area contributed by atoms with Gasteiger partial charge in [-0.25, -0.2) is 8.78 Å². The van der Waals surface area contributed by atoms with E-state index in [-0.39, 0.29) is 18.1 Å². The maximum absolute atomic E-state index is 14.0. The lowest BCUT2D eigenvalue weighted by Crippen LogP contribution is -2.38. The number of aliphatic carboxylic acids is 1. The van der Waals surface area contributed by atoms with E-state index in [4.69, 9.17) is 0 Å². The average molecular weight is 370 g/mol. The van der Waals surface area contributed by atoms with Crippen LogP contribution in [0.5, 0.6) is 0 Å². The highest BCUT2D eigenvalue weighted by Crippen LogP contribution is 2.32. The number of nitrogens with zero attached hydrogens (tertiary/aromatic N) is 2. The topological polar surface area (TPSA) is 62.5 Å². The second-order valence-corrected chi connectivity index (χ2v) is 6.54. The molecule has 3 aromatic rings. The number of rotatable bonds is 4. The monoisotopic (exact) mass is 370 g/mol. The van der Waals surface area contributed by atoms with Gasteiger partial charge in [0.25, 0.3) is 5.91 Å². The Morgan fingerprint density at radius 2 is 1.93 bits per heavy atom. The van der Waals surface area contributed by atoms with E-state index in [1.54, 1.807) is 18.2 Å². The zero-order valence-electron chi connectivity index (χ0n) is 14.3. The first kappa shape index (κ1) is 17.2. The third-order valence-electron chi connectivity index (χ3n) is 4.86. The predicted molar refractivity (Wildman–Crippen MR) is 94.4 cm³/mol. The fourth-order valence-electron chi connectivity index (χ4n) is 3.67. The number of fused-ring (bicyclic) bond motifs is 3. The van der Waals surface area contributed by atoms with Gasteiger partial charge >= 0.3 is 5.97 Å². The van der Waals surface area contributed by atoms with Crippen molar-refractivity contribution in [3.63, 3.8) is 0 Å². The van der Waals surface area contributed by atoms with E-state index >= 15 is 0 Å². The molecule has 2 aromatic carbocycles. The summed E-state index contributed by atoms with van der Waals surface area (Å²) >= 11 is 0.